The van der Waals surface area contributed by atoms with Crippen molar-refractivity contribution in [2.45, 2.75) is 0 Å². The molecule has 0 bridgehead atoms. The topological polar surface area (TPSA) is 0 Å². The van der Waals surface area contributed by atoms with Gasteiger partial charge in [0.2, 0.25) is 0 Å². The Labute approximate surface area is 246 Å². The number of hydrogen-bond donors (Lipinski definition) is 0. The highest BCUT2D eigenvalue weighted by molar-refractivity contribution is 6.25. The second kappa shape index (κ2) is 10.2. The monoisotopic (exact) mass is 532 g/mol. The predicted octanol–water partition coefficient (Wildman–Crippen LogP) is 10.6. The molecule has 0 aliphatic heterocycles. The van der Waals surface area contributed by atoms with Crippen LogP contribution in [0.5, 0.6) is 0 Å². The van der Waals surface area contributed by atoms with Crippen molar-refractivity contribution in [3.05, 3.63) is 215 Å². The molecule has 8 aromatic carbocycles. The Morgan fingerprint density at radius 1 is 0.262 bits per heavy atom. The van der Waals surface area contributed by atoms with Crippen LogP contribution < -0.4 is 0 Å². The summed E-state index contributed by atoms with van der Waals surface area (Å²) in [6, 6.07) is 61.6. The molecule has 0 amide bonds. The fourth-order valence-corrected chi connectivity index (χ4v) is 6.61. The van der Waals surface area contributed by atoms with E-state index < -0.39 is 0 Å². The molecule has 0 unspecified atom stereocenters. The van der Waals surface area contributed by atoms with E-state index in [2.05, 4.69) is 170 Å². The highest BCUT2D eigenvalue weighted by Crippen LogP contribution is 2.44. The zero-order valence-electron chi connectivity index (χ0n) is 23.2. The molecule has 0 aromatic heterocycles. The van der Waals surface area contributed by atoms with Crippen LogP contribution in [0.1, 0.15) is 33.4 Å². The minimum absolute atomic E-state index is 1.23. The third-order valence-electron chi connectivity index (χ3n) is 8.45. The summed E-state index contributed by atoms with van der Waals surface area (Å²) in [6.07, 6.45) is 0. The lowest BCUT2D eigenvalue weighted by molar-refractivity contribution is 1.24. The quantitative estimate of drug-likeness (QED) is 0.113. The minimum Gasteiger partial charge on any atom is -0.0511 e. The van der Waals surface area contributed by atoms with E-state index in [-0.39, 0.29) is 0 Å². The van der Waals surface area contributed by atoms with Crippen LogP contribution >= 0.6 is 0 Å². The van der Waals surface area contributed by atoms with E-state index in [4.69, 9.17) is 0 Å². The van der Waals surface area contributed by atoms with Gasteiger partial charge in [-0.3, -0.25) is 0 Å². The lowest BCUT2D eigenvalue weighted by Gasteiger charge is -2.19. The molecule has 42 heavy (non-hydrogen) atoms. The van der Waals surface area contributed by atoms with Gasteiger partial charge in [-0.15, -0.1) is 0 Å². The van der Waals surface area contributed by atoms with Gasteiger partial charge in [0.1, 0.15) is 0 Å². The normalized spacial score (nSPS) is 11.3. The molecule has 0 aliphatic rings. The van der Waals surface area contributed by atoms with E-state index in [1.165, 1.54) is 77.5 Å². The van der Waals surface area contributed by atoms with Crippen molar-refractivity contribution in [2.75, 3.05) is 0 Å². The number of rotatable bonds is 6. The average molecular weight is 533 g/mol. The SMILES string of the molecule is c1ccc([C+](c2ccccc2)c2ccc3ccc4c([C+](c5ccccc5)c5ccccc5)ccc5ccc2c3c54)cc1. The Bertz CT molecular complexity index is 1880. The second-order valence-corrected chi connectivity index (χ2v) is 10.9. The summed E-state index contributed by atoms with van der Waals surface area (Å²) in [4.78, 5) is 0. The summed E-state index contributed by atoms with van der Waals surface area (Å²) in [5, 5.41) is 7.76. The van der Waals surface area contributed by atoms with Crippen molar-refractivity contribution < 1.29 is 0 Å². The van der Waals surface area contributed by atoms with Crippen molar-refractivity contribution in [2.24, 2.45) is 0 Å². The number of hydrogen-bond acceptors (Lipinski definition) is 0. The Balaban J connectivity index is 1.42. The maximum absolute atomic E-state index is 2.32. The first-order valence-corrected chi connectivity index (χ1v) is 14.5. The molecule has 0 fully saturated rings. The Hall–Kier alpha value is -5.46. The van der Waals surface area contributed by atoms with Crippen LogP contribution in [0.4, 0.5) is 0 Å². The molecule has 0 heteroatoms. The van der Waals surface area contributed by atoms with E-state index >= 15 is 0 Å². The maximum atomic E-state index is 2.32. The van der Waals surface area contributed by atoms with Crippen LogP contribution in [0.3, 0.4) is 0 Å². The van der Waals surface area contributed by atoms with Gasteiger partial charge in [0, 0.05) is 21.5 Å². The molecule has 0 N–H and O–H groups in total. The van der Waals surface area contributed by atoms with Crippen LogP contribution in [0.15, 0.2) is 170 Å². The molecule has 0 radical (unpaired) electrons. The molecule has 194 valence electrons. The molecule has 0 spiro atoms. The molecule has 0 saturated carbocycles. The standard InChI is InChI=1S/C42H28/c1-5-13-29(14-6-1)39(30-15-7-2-8-16-30)35-25-21-33-24-28-38-36(26-22-34-23-27-37(35)41(33)42(34)38)40(31-17-9-3-10-18-31)32-19-11-4-12-20-32/h1-28H/q+2. The van der Waals surface area contributed by atoms with Crippen LogP contribution in [0, 0.1) is 11.8 Å². The van der Waals surface area contributed by atoms with Crippen LogP contribution in [0.2, 0.25) is 0 Å². The molecule has 8 rings (SSSR count). The van der Waals surface area contributed by atoms with Crippen LogP contribution in [-0.2, 0) is 0 Å². The molecule has 0 saturated heterocycles. The fourth-order valence-electron chi connectivity index (χ4n) is 6.61. The fraction of sp³-hybridized carbons (Fsp3) is 0. The largest absolute Gasteiger partial charge is 0.0638 e. The van der Waals surface area contributed by atoms with Gasteiger partial charge in [0.05, 0.1) is 45.2 Å². The van der Waals surface area contributed by atoms with Crippen LogP contribution in [-0.4, -0.2) is 0 Å². The molecule has 0 atom stereocenters. The van der Waals surface area contributed by atoms with Crippen molar-refractivity contribution in [3.8, 4) is 0 Å². The average Bonchev–Trinajstić information content (AvgIpc) is 3.07. The van der Waals surface area contributed by atoms with Crippen molar-refractivity contribution in [3.63, 3.8) is 0 Å². The van der Waals surface area contributed by atoms with Gasteiger partial charge in [0.15, 0.2) is 0 Å². The van der Waals surface area contributed by atoms with Crippen molar-refractivity contribution >= 4 is 32.3 Å². The van der Waals surface area contributed by atoms with Gasteiger partial charge in [0.25, 0.3) is 0 Å². The Morgan fingerprint density at radius 2 is 0.548 bits per heavy atom. The van der Waals surface area contributed by atoms with Crippen molar-refractivity contribution in [1.82, 2.24) is 0 Å². The van der Waals surface area contributed by atoms with Gasteiger partial charge in [-0.1, -0.05) is 24.3 Å². The summed E-state index contributed by atoms with van der Waals surface area (Å²) >= 11 is 0. The molecule has 0 nitrogen and oxygen atoms in total. The van der Waals surface area contributed by atoms with Crippen molar-refractivity contribution in [1.29, 1.82) is 0 Å². The first-order chi connectivity index (χ1) is 20.9. The zero-order chi connectivity index (χ0) is 27.9. The lowest BCUT2D eigenvalue weighted by atomic mass is 9.79. The van der Waals surface area contributed by atoms with E-state index in [9.17, 15) is 0 Å². The van der Waals surface area contributed by atoms with E-state index in [1.54, 1.807) is 0 Å². The molecular formula is C42H28+2. The highest BCUT2D eigenvalue weighted by Gasteiger charge is 2.29. The van der Waals surface area contributed by atoms with Gasteiger partial charge in [-0.2, -0.15) is 0 Å². The third kappa shape index (κ3) is 4.00. The van der Waals surface area contributed by atoms with E-state index in [1.807, 2.05) is 0 Å². The predicted molar refractivity (Wildman–Crippen MR) is 177 cm³/mol. The highest BCUT2D eigenvalue weighted by atomic mass is 14.3. The third-order valence-corrected chi connectivity index (χ3v) is 8.45. The van der Waals surface area contributed by atoms with E-state index in [0.29, 0.717) is 0 Å². The minimum atomic E-state index is 1.23. The summed E-state index contributed by atoms with van der Waals surface area (Å²) in [7, 11) is 0. The van der Waals surface area contributed by atoms with Crippen LogP contribution in [0.25, 0.3) is 32.3 Å². The van der Waals surface area contributed by atoms with E-state index in [0.717, 1.165) is 0 Å². The van der Waals surface area contributed by atoms with Gasteiger partial charge in [-0.25, -0.2) is 0 Å². The summed E-state index contributed by atoms with van der Waals surface area (Å²) in [6.45, 7) is 0. The Morgan fingerprint density at radius 3 is 0.857 bits per heavy atom. The lowest BCUT2D eigenvalue weighted by Crippen LogP contribution is -2.07. The van der Waals surface area contributed by atoms with Gasteiger partial charge < -0.3 is 0 Å². The van der Waals surface area contributed by atoms with Gasteiger partial charge >= 0.3 is 0 Å². The summed E-state index contributed by atoms with van der Waals surface area (Å²) in [5.74, 6) is 2.52. The Kier molecular flexibility index (Phi) is 5.90. The first-order valence-electron chi connectivity index (χ1n) is 14.5. The molecule has 8 aromatic rings. The molecule has 0 heterocycles. The molecular weight excluding hydrogens is 504 g/mol. The summed E-state index contributed by atoms with van der Waals surface area (Å²) < 4.78 is 0. The summed E-state index contributed by atoms with van der Waals surface area (Å²) in [5.41, 5.74) is 7.42. The second-order valence-electron chi connectivity index (χ2n) is 10.9. The maximum Gasteiger partial charge on any atom is 0.0638 e. The zero-order valence-corrected chi connectivity index (χ0v) is 23.2. The van der Waals surface area contributed by atoms with Gasteiger partial charge in [-0.05, 0) is 156 Å². The number of benzene rings is 8. The smallest absolute Gasteiger partial charge is 0.0511 e. The first kappa shape index (κ1) is 24.3. The molecule has 0 aliphatic carbocycles.